The van der Waals surface area contributed by atoms with Gasteiger partial charge in [-0.2, -0.15) is 0 Å². The summed E-state index contributed by atoms with van der Waals surface area (Å²) in [4.78, 5) is 23.5. The Morgan fingerprint density at radius 3 is 2.56 bits per heavy atom. The van der Waals surface area contributed by atoms with Crippen molar-refractivity contribution in [1.82, 2.24) is 0 Å². The second-order valence-corrected chi connectivity index (χ2v) is 9.63. The average molecular weight is 404 g/mol. The summed E-state index contributed by atoms with van der Waals surface area (Å²) >= 11 is 0.942. The maximum atomic E-state index is 13.0. The second kappa shape index (κ2) is 7.86. The molecule has 1 aliphatic rings. The fourth-order valence-corrected chi connectivity index (χ4v) is 4.87. The number of thioether (sulfide) groups is 1. The third-order valence-electron chi connectivity index (χ3n) is 4.67. The van der Waals surface area contributed by atoms with Gasteiger partial charge in [-0.25, -0.2) is 8.42 Å². The Balaban J connectivity index is 1.86. The molecule has 0 radical (unpaired) electrons. The molecule has 0 amide bonds. The minimum atomic E-state index is -3.72. The van der Waals surface area contributed by atoms with Gasteiger partial charge < -0.3 is 0 Å². The average Bonchev–Trinajstić information content (AvgIpc) is 3.13. The highest BCUT2D eigenvalue weighted by atomic mass is 32.2. The van der Waals surface area contributed by atoms with Gasteiger partial charge in [0.05, 0.1) is 16.3 Å². The van der Waals surface area contributed by atoms with Gasteiger partial charge in [0.15, 0.2) is 10.9 Å². The largest absolute Gasteiger partial charge is 0.293 e. The lowest BCUT2D eigenvalue weighted by Gasteiger charge is -2.20. The molecule has 27 heavy (non-hydrogen) atoms. The molecule has 0 unspecified atom stereocenters. The molecule has 0 heterocycles. The number of carbonyl (C=O) groups excluding carboxylic acids is 2. The molecule has 142 valence electrons. The SMILES string of the molecule is CC(=O)SCC(=O)c1cccc(N(C)S(=O)(=O)c2ccc3c(c2)CCC3)c1. The molecule has 0 atom stereocenters. The van der Waals surface area contributed by atoms with Crippen LogP contribution in [0.1, 0.15) is 34.8 Å². The molecule has 7 heteroatoms. The van der Waals surface area contributed by atoms with E-state index in [4.69, 9.17) is 0 Å². The molecule has 5 nitrogen and oxygen atoms in total. The number of Topliss-reactive ketones (excluding diaryl/α,β-unsaturated/α-hetero) is 1. The number of nitrogens with zero attached hydrogens (tertiary/aromatic N) is 1. The minimum absolute atomic E-state index is 0.0417. The van der Waals surface area contributed by atoms with Crippen molar-refractivity contribution >= 4 is 38.4 Å². The summed E-state index contributed by atoms with van der Waals surface area (Å²) in [7, 11) is -2.24. The van der Waals surface area contributed by atoms with E-state index in [1.807, 2.05) is 6.07 Å². The van der Waals surface area contributed by atoms with Crippen LogP contribution in [0.15, 0.2) is 47.4 Å². The first-order valence-electron chi connectivity index (χ1n) is 8.66. The summed E-state index contributed by atoms with van der Waals surface area (Å²) in [5.74, 6) is -0.166. The van der Waals surface area contributed by atoms with Gasteiger partial charge in [-0.1, -0.05) is 30.0 Å². The van der Waals surface area contributed by atoms with Crippen molar-refractivity contribution in [2.45, 2.75) is 31.1 Å². The normalized spacial score (nSPS) is 13.3. The van der Waals surface area contributed by atoms with Crippen LogP contribution in [0.3, 0.4) is 0 Å². The number of hydrogen-bond acceptors (Lipinski definition) is 5. The Labute approximate surface area is 163 Å². The molecule has 0 aromatic heterocycles. The highest BCUT2D eigenvalue weighted by Crippen LogP contribution is 2.28. The van der Waals surface area contributed by atoms with E-state index in [9.17, 15) is 18.0 Å². The molecular formula is C20H21NO4S2. The van der Waals surface area contributed by atoms with Gasteiger partial charge in [-0.05, 0) is 54.7 Å². The van der Waals surface area contributed by atoms with Crippen molar-refractivity contribution in [2.75, 3.05) is 17.1 Å². The van der Waals surface area contributed by atoms with Gasteiger partial charge in [0.2, 0.25) is 0 Å². The van der Waals surface area contributed by atoms with Crippen LogP contribution in [0.25, 0.3) is 0 Å². The fraction of sp³-hybridized carbons (Fsp3) is 0.300. The fourth-order valence-electron chi connectivity index (χ4n) is 3.13. The van der Waals surface area contributed by atoms with Crippen molar-refractivity contribution in [2.24, 2.45) is 0 Å². The number of aryl methyl sites for hydroxylation is 2. The number of sulfonamides is 1. The predicted molar refractivity (Wildman–Crippen MR) is 108 cm³/mol. The monoisotopic (exact) mass is 403 g/mol. The van der Waals surface area contributed by atoms with Crippen molar-refractivity contribution in [1.29, 1.82) is 0 Å². The van der Waals surface area contributed by atoms with E-state index in [1.165, 1.54) is 23.8 Å². The van der Waals surface area contributed by atoms with Gasteiger partial charge >= 0.3 is 0 Å². The molecule has 0 saturated carbocycles. The van der Waals surface area contributed by atoms with Crippen LogP contribution < -0.4 is 4.31 Å². The molecule has 2 aromatic carbocycles. The van der Waals surface area contributed by atoms with E-state index in [-0.39, 0.29) is 21.5 Å². The summed E-state index contributed by atoms with van der Waals surface area (Å²) in [6.45, 7) is 1.41. The van der Waals surface area contributed by atoms with Gasteiger partial charge in [-0.3, -0.25) is 13.9 Å². The van der Waals surface area contributed by atoms with E-state index in [0.29, 0.717) is 11.3 Å². The first-order valence-corrected chi connectivity index (χ1v) is 11.1. The zero-order valence-corrected chi connectivity index (χ0v) is 16.9. The Bertz CT molecular complexity index is 999. The molecule has 0 bridgehead atoms. The van der Waals surface area contributed by atoms with E-state index in [0.717, 1.165) is 36.6 Å². The summed E-state index contributed by atoms with van der Waals surface area (Å²) in [6, 6.07) is 11.8. The topological polar surface area (TPSA) is 71.5 Å². The van der Waals surface area contributed by atoms with Crippen molar-refractivity contribution < 1.29 is 18.0 Å². The molecule has 2 aromatic rings. The zero-order chi connectivity index (χ0) is 19.6. The summed E-state index contributed by atoms with van der Waals surface area (Å²) in [5, 5.41) is -0.129. The smallest absolute Gasteiger partial charge is 0.264 e. The standard InChI is InChI=1S/C20H21NO4S2/c1-14(22)26-13-20(23)17-7-4-8-18(11-17)21(2)27(24,25)19-10-9-15-5-3-6-16(15)12-19/h4,7-12H,3,5-6,13H2,1-2H3. The predicted octanol–water partition coefficient (Wildman–Crippen LogP) is 3.46. The Morgan fingerprint density at radius 1 is 1.07 bits per heavy atom. The number of benzene rings is 2. The lowest BCUT2D eigenvalue weighted by atomic mass is 10.1. The van der Waals surface area contributed by atoms with E-state index in [1.54, 1.807) is 36.4 Å². The Morgan fingerprint density at radius 2 is 1.81 bits per heavy atom. The van der Waals surface area contributed by atoms with Crippen LogP contribution in [-0.4, -0.2) is 32.1 Å². The van der Waals surface area contributed by atoms with Crippen molar-refractivity contribution in [3.8, 4) is 0 Å². The van der Waals surface area contributed by atoms with E-state index >= 15 is 0 Å². The molecule has 3 rings (SSSR count). The van der Waals surface area contributed by atoms with Crippen LogP contribution >= 0.6 is 11.8 Å². The number of hydrogen-bond donors (Lipinski definition) is 0. The van der Waals surface area contributed by atoms with Crippen molar-refractivity contribution in [3.05, 3.63) is 59.2 Å². The molecule has 0 spiro atoms. The number of ketones is 1. The molecule has 0 fully saturated rings. The van der Waals surface area contributed by atoms with E-state index < -0.39 is 10.0 Å². The van der Waals surface area contributed by atoms with Gasteiger partial charge in [0.1, 0.15) is 0 Å². The van der Waals surface area contributed by atoms with Crippen LogP contribution in [-0.2, 0) is 27.7 Å². The Hall–Kier alpha value is -2.12. The first kappa shape index (κ1) is 19.6. The first-order chi connectivity index (χ1) is 12.8. The summed E-state index contributed by atoms with van der Waals surface area (Å²) in [5.41, 5.74) is 3.10. The highest BCUT2D eigenvalue weighted by molar-refractivity contribution is 8.14. The number of anilines is 1. The molecule has 0 aliphatic heterocycles. The van der Waals surface area contributed by atoms with Crippen LogP contribution in [0, 0.1) is 0 Å². The van der Waals surface area contributed by atoms with Crippen LogP contribution in [0.2, 0.25) is 0 Å². The number of carbonyl (C=O) groups is 2. The van der Waals surface area contributed by atoms with Gasteiger partial charge in [0.25, 0.3) is 10.0 Å². The quantitative estimate of drug-likeness (QED) is 0.691. The lowest BCUT2D eigenvalue weighted by Crippen LogP contribution is -2.27. The second-order valence-electron chi connectivity index (χ2n) is 6.51. The van der Waals surface area contributed by atoms with E-state index in [2.05, 4.69) is 0 Å². The summed E-state index contributed by atoms with van der Waals surface area (Å²) in [6.07, 6.45) is 2.95. The van der Waals surface area contributed by atoms with Gasteiger partial charge in [-0.15, -0.1) is 0 Å². The lowest BCUT2D eigenvalue weighted by molar-refractivity contribution is -0.109. The van der Waals surface area contributed by atoms with Gasteiger partial charge in [0, 0.05) is 19.5 Å². The van der Waals surface area contributed by atoms with Crippen LogP contribution in [0.5, 0.6) is 0 Å². The van der Waals surface area contributed by atoms with Crippen molar-refractivity contribution in [3.63, 3.8) is 0 Å². The molecule has 0 N–H and O–H groups in total. The third kappa shape index (κ3) is 4.25. The Kier molecular flexibility index (Phi) is 5.72. The summed E-state index contributed by atoms with van der Waals surface area (Å²) < 4.78 is 27.2. The minimum Gasteiger partial charge on any atom is -0.293 e. The number of rotatable bonds is 6. The molecule has 1 aliphatic carbocycles. The third-order valence-corrected chi connectivity index (χ3v) is 7.26. The highest BCUT2D eigenvalue weighted by Gasteiger charge is 2.24. The zero-order valence-electron chi connectivity index (χ0n) is 15.3. The molecular weight excluding hydrogens is 382 g/mol. The van der Waals surface area contributed by atoms with Crippen LogP contribution in [0.4, 0.5) is 5.69 Å². The molecule has 0 saturated heterocycles. The maximum Gasteiger partial charge on any atom is 0.264 e. The number of fused-ring (bicyclic) bond motifs is 1. The maximum absolute atomic E-state index is 13.0.